The number of sulfonamides is 1. The summed E-state index contributed by atoms with van der Waals surface area (Å²) in [6.45, 7) is 11.5. The second-order valence-electron chi connectivity index (χ2n) is 16.5. The summed E-state index contributed by atoms with van der Waals surface area (Å²) in [5, 5.41) is 11.3. The molecule has 14 heteroatoms. The molecule has 3 atom stereocenters. The molecule has 4 fully saturated rings. The molecule has 278 valence electrons. The normalized spacial score (nSPS) is 22.6. The number of carbonyl (C=O) groups is 5. The lowest BCUT2D eigenvalue weighted by atomic mass is 9.83. The summed E-state index contributed by atoms with van der Waals surface area (Å²) in [6, 6.07) is -3.49. The van der Waals surface area contributed by atoms with E-state index in [0.29, 0.717) is 51.0 Å². The maximum absolute atomic E-state index is 14.2. The van der Waals surface area contributed by atoms with Gasteiger partial charge in [0.1, 0.15) is 12.1 Å². The van der Waals surface area contributed by atoms with Gasteiger partial charge in [-0.15, -0.1) is 0 Å². The number of carbonyl (C=O) groups excluding carboxylic acids is 5. The maximum Gasteiger partial charge on any atom is 0.315 e. The highest BCUT2D eigenvalue weighted by Gasteiger charge is 2.49. The number of ketones is 1. The van der Waals surface area contributed by atoms with Crippen molar-refractivity contribution < 1.29 is 32.4 Å². The molecule has 0 aromatic carbocycles. The van der Waals surface area contributed by atoms with Gasteiger partial charge in [0.25, 0.3) is 5.91 Å². The van der Waals surface area contributed by atoms with Gasteiger partial charge in [0.15, 0.2) is 0 Å². The van der Waals surface area contributed by atoms with E-state index < -0.39 is 74.2 Å². The summed E-state index contributed by atoms with van der Waals surface area (Å²) in [4.78, 5) is 68.3. The van der Waals surface area contributed by atoms with Crippen molar-refractivity contribution in [2.45, 2.75) is 160 Å². The van der Waals surface area contributed by atoms with E-state index in [1.54, 1.807) is 7.05 Å². The molecule has 5 amide bonds. The summed E-state index contributed by atoms with van der Waals surface area (Å²) < 4.78 is 29.1. The number of urea groups is 1. The first-order valence-electron chi connectivity index (χ1n) is 18.3. The molecule has 0 aromatic heterocycles. The van der Waals surface area contributed by atoms with Gasteiger partial charge in [-0.3, -0.25) is 19.2 Å². The average Bonchev–Trinajstić information content (AvgIpc) is 3.96. The minimum atomic E-state index is -3.74. The number of Topliss-reactive ketones (excluding diaryl/α,β-unsaturated/α-hetero) is 1. The van der Waals surface area contributed by atoms with Crippen LogP contribution in [0, 0.1) is 11.3 Å². The molecule has 49 heavy (non-hydrogen) atoms. The van der Waals surface area contributed by atoms with E-state index >= 15 is 0 Å². The van der Waals surface area contributed by atoms with Crippen LogP contribution in [0.4, 0.5) is 4.79 Å². The minimum absolute atomic E-state index is 0.00890. The number of nitrogens with zero attached hydrogens (tertiary/aromatic N) is 2. The molecule has 0 radical (unpaired) electrons. The fourth-order valence-corrected chi connectivity index (χ4v) is 9.50. The zero-order valence-electron chi connectivity index (χ0n) is 30.7. The van der Waals surface area contributed by atoms with Crippen LogP contribution < -0.4 is 21.3 Å². The zero-order valence-corrected chi connectivity index (χ0v) is 31.5. The van der Waals surface area contributed by atoms with E-state index in [4.69, 9.17) is 0 Å². The van der Waals surface area contributed by atoms with Gasteiger partial charge in [-0.05, 0) is 83.0 Å². The molecule has 1 heterocycles. The van der Waals surface area contributed by atoms with Gasteiger partial charge < -0.3 is 26.2 Å². The number of hydrogen-bond acceptors (Lipinski definition) is 7. The Morgan fingerprint density at radius 1 is 0.898 bits per heavy atom. The van der Waals surface area contributed by atoms with Gasteiger partial charge in [-0.25, -0.2) is 13.2 Å². The molecule has 0 spiro atoms. The molecule has 4 aliphatic rings. The molecular formula is C35H60N6O7S. The van der Waals surface area contributed by atoms with Gasteiger partial charge in [0.2, 0.25) is 27.6 Å². The standard InChI is InChI=1S/C35H60N6O7S/c1-8-13-25(27(42)30(44)36-24-17-18-24)37-29(43)26-14-12-21-41(26)31(45)28(33(2,3)4)38-32(46)39-35(19-10-9-11-20-35)22-49(47,48)40(7)34(5,6)23-15-16-23/h23-26,28H,8-22H2,1-7H3,(H,36,44)(H,37,43)(H2,38,39,46)/t25?,26-,28+/m0/s1. The minimum Gasteiger partial charge on any atom is -0.347 e. The van der Waals surface area contributed by atoms with E-state index in [9.17, 15) is 32.4 Å². The number of likely N-dealkylation sites (tertiary alicyclic amines) is 1. The highest BCUT2D eigenvalue weighted by molar-refractivity contribution is 7.89. The first kappa shape index (κ1) is 39.1. The van der Waals surface area contributed by atoms with Crippen LogP contribution in [-0.4, -0.2) is 102 Å². The van der Waals surface area contributed by atoms with Gasteiger partial charge in [-0.2, -0.15) is 4.31 Å². The fourth-order valence-electron chi connectivity index (χ4n) is 7.38. The molecule has 13 nitrogen and oxygen atoms in total. The highest BCUT2D eigenvalue weighted by atomic mass is 32.2. The molecule has 4 rings (SSSR count). The smallest absolute Gasteiger partial charge is 0.315 e. The Balaban J connectivity index is 1.46. The largest absolute Gasteiger partial charge is 0.347 e. The van der Waals surface area contributed by atoms with Gasteiger partial charge >= 0.3 is 6.03 Å². The van der Waals surface area contributed by atoms with Crippen molar-refractivity contribution in [3.63, 3.8) is 0 Å². The lowest BCUT2D eigenvalue weighted by molar-refractivity contribution is -0.143. The fraction of sp³-hybridized carbons (Fsp3) is 0.857. The molecule has 3 saturated carbocycles. The Labute approximate surface area is 292 Å². The van der Waals surface area contributed by atoms with Gasteiger partial charge in [-0.1, -0.05) is 53.4 Å². The predicted octanol–water partition coefficient (Wildman–Crippen LogP) is 2.98. The van der Waals surface area contributed by atoms with Crippen molar-refractivity contribution >= 4 is 39.6 Å². The zero-order chi connectivity index (χ0) is 36.4. The van der Waals surface area contributed by atoms with Crippen molar-refractivity contribution in [1.29, 1.82) is 0 Å². The summed E-state index contributed by atoms with van der Waals surface area (Å²) in [6.07, 6.45) is 9.00. The van der Waals surface area contributed by atoms with Crippen molar-refractivity contribution in [1.82, 2.24) is 30.5 Å². The van der Waals surface area contributed by atoms with Crippen LogP contribution in [-0.2, 0) is 29.2 Å². The third kappa shape index (κ3) is 9.74. The molecular weight excluding hydrogens is 648 g/mol. The van der Waals surface area contributed by atoms with Crippen LogP contribution in [0.25, 0.3) is 0 Å². The summed E-state index contributed by atoms with van der Waals surface area (Å²) in [5.41, 5.74) is -2.25. The van der Waals surface area contributed by atoms with Crippen molar-refractivity contribution in [2.75, 3.05) is 19.3 Å². The Kier molecular flexibility index (Phi) is 12.2. The SMILES string of the molecule is CCCC(NC(=O)[C@@H]1CCCN1C(=O)[C@@H](NC(=O)NC1(CS(=O)(=O)N(C)C(C)(C)C2CC2)CCCCC1)C(C)(C)C)C(=O)C(=O)NC1CC1. The quantitative estimate of drug-likeness (QED) is 0.189. The molecule has 4 N–H and O–H groups in total. The number of amides is 5. The van der Waals surface area contributed by atoms with E-state index in [1.165, 1.54) is 9.21 Å². The monoisotopic (exact) mass is 708 g/mol. The molecule has 3 aliphatic carbocycles. The molecule has 0 bridgehead atoms. The third-order valence-electron chi connectivity index (χ3n) is 11.0. The Bertz CT molecular complexity index is 1360. The first-order chi connectivity index (χ1) is 22.8. The van der Waals surface area contributed by atoms with Crippen LogP contribution in [0.15, 0.2) is 0 Å². The lowest BCUT2D eigenvalue weighted by Crippen LogP contribution is -2.64. The molecule has 1 saturated heterocycles. The second-order valence-corrected chi connectivity index (χ2v) is 18.5. The van der Waals surface area contributed by atoms with Gasteiger partial charge in [0, 0.05) is 25.2 Å². The topological polar surface area (TPSA) is 174 Å². The molecule has 1 aliphatic heterocycles. The molecule has 1 unspecified atom stereocenters. The maximum atomic E-state index is 14.2. The second kappa shape index (κ2) is 15.2. The predicted molar refractivity (Wildman–Crippen MR) is 187 cm³/mol. The van der Waals surface area contributed by atoms with Crippen LogP contribution in [0.5, 0.6) is 0 Å². The Morgan fingerprint density at radius 2 is 1.53 bits per heavy atom. The molecule has 0 aromatic rings. The van der Waals surface area contributed by atoms with E-state index in [2.05, 4.69) is 21.3 Å². The van der Waals surface area contributed by atoms with Crippen molar-refractivity contribution in [2.24, 2.45) is 11.3 Å². The number of rotatable bonds is 15. The highest BCUT2D eigenvalue weighted by Crippen LogP contribution is 2.44. The average molecular weight is 709 g/mol. The van der Waals surface area contributed by atoms with Crippen LogP contribution >= 0.6 is 0 Å². The number of nitrogens with one attached hydrogen (secondary N) is 4. The van der Waals surface area contributed by atoms with E-state index in [1.807, 2.05) is 41.5 Å². The summed E-state index contributed by atoms with van der Waals surface area (Å²) >= 11 is 0. The number of hydrogen-bond donors (Lipinski definition) is 4. The Morgan fingerprint density at radius 3 is 2.08 bits per heavy atom. The van der Waals surface area contributed by atoms with Crippen molar-refractivity contribution in [3.8, 4) is 0 Å². The first-order valence-corrected chi connectivity index (χ1v) is 19.9. The summed E-state index contributed by atoms with van der Waals surface area (Å²) in [5.74, 6) is -2.24. The van der Waals surface area contributed by atoms with E-state index in [-0.39, 0.29) is 11.8 Å². The van der Waals surface area contributed by atoms with Crippen LogP contribution in [0.1, 0.15) is 125 Å². The van der Waals surface area contributed by atoms with Crippen LogP contribution in [0.3, 0.4) is 0 Å². The lowest BCUT2D eigenvalue weighted by Gasteiger charge is -2.42. The van der Waals surface area contributed by atoms with Crippen LogP contribution in [0.2, 0.25) is 0 Å². The Hall–Kier alpha value is -2.74. The van der Waals surface area contributed by atoms with Gasteiger partial charge in [0.05, 0.1) is 17.3 Å². The third-order valence-corrected chi connectivity index (χ3v) is 13.2. The van der Waals surface area contributed by atoms with E-state index in [0.717, 1.165) is 44.9 Å². The summed E-state index contributed by atoms with van der Waals surface area (Å²) in [7, 11) is -2.11. The van der Waals surface area contributed by atoms with Crippen molar-refractivity contribution in [3.05, 3.63) is 0 Å².